The lowest BCUT2D eigenvalue weighted by Gasteiger charge is -2.30. The molecule has 0 aromatic rings. The number of hydrogen-bond donors (Lipinski definition) is 2. The molecule has 0 aliphatic heterocycles. The number of allylic oxidation sites excluding steroid dienone is 1. The number of aliphatic hydroxyl groups is 2. The van der Waals surface area contributed by atoms with E-state index in [1.54, 1.807) is 46.0 Å². The SMILES string of the molecule is C=CCC(/C(=N\N(C)C)C(C)(C)O)C(C)O. The Morgan fingerprint density at radius 1 is 1.50 bits per heavy atom. The van der Waals surface area contributed by atoms with Crippen molar-refractivity contribution in [3.8, 4) is 0 Å². The summed E-state index contributed by atoms with van der Waals surface area (Å²) in [5.41, 5.74) is -0.470. The summed E-state index contributed by atoms with van der Waals surface area (Å²) in [6.45, 7) is 8.71. The van der Waals surface area contributed by atoms with Crippen LogP contribution in [0.1, 0.15) is 27.2 Å². The van der Waals surface area contributed by atoms with Crippen molar-refractivity contribution in [1.82, 2.24) is 5.01 Å². The fourth-order valence-electron chi connectivity index (χ4n) is 1.58. The van der Waals surface area contributed by atoms with Gasteiger partial charge in [0.25, 0.3) is 0 Å². The van der Waals surface area contributed by atoms with Crippen molar-refractivity contribution in [3.63, 3.8) is 0 Å². The molecule has 0 saturated carbocycles. The molecule has 0 aromatic heterocycles. The monoisotopic (exact) mass is 228 g/mol. The quantitative estimate of drug-likeness (QED) is 0.409. The van der Waals surface area contributed by atoms with E-state index in [1.807, 2.05) is 0 Å². The molecule has 0 aromatic carbocycles. The molecule has 0 spiro atoms. The summed E-state index contributed by atoms with van der Waals surface area (Å²) >= 11 is 0. The highest BCUT2D eigenvalue weighted by molar-refractivity contribution is 5.94. The summed E-state index contributed by atoms with van der Waals surface area (Å²) in [5, 5.41) is 25.7. The fourth-order valence-corrected chi connectivity index (χ4v) is 1.58. The van der Waals surface area contributed by atoms with Gasteiger partial charge in [0.15, 0.2) is 0 Å². The van der Waals surface area contributed by atoms with Gasteiger partial charge < -0.3 is 15.2 Å². The van der Waals surface area contributed by atoms with Gasteiger partial charge in [-0.05, 0) is 27.2 Å². The lowest BCUT2D eigenvalue weighted by molar-refractivity contribution is 0.116. The first kappa shape index (κ1) is 15.1. The molecule has 0 heterocycles. The second kappa shape index (κ2) is 6.01. The van der Waals surface area contributed by atoms with Crippen LogP contribution in [0.25, 0.3) is 0 Å². The van der Waals surface area contributed by atoms with Gasteiger partial charge in [0.05, 0.1) is 17.4 Å². The lowest BCUT2D eigenvalue weighted by atomic mass is 9.85. The highest BCUT2D eigenvalue weighted by Crippen LogP contribution is 2.21. The first-order valence-electron chi connectivity index (χ1n) is 5.47. The maximum absolute atomic E-state index is 10.1. The van der Waals surface area contributed by atoms with E-state index in [0.29, 0.717) is 12.1 Å². The van der Waals surface area contributed by atoms with Crippen molar-refractivity contribution in [2.45, 2.75) is 38.9 Å². The molecular formula is C12H24N2O2. The zero-order valence-electron chi connectivity index (χ0n) is 10.9. The van der Waals surface area contributed by atoms with Crippen molar-refractivity contribution in [2.75, 3.05) is 14.1 Å². The van der Waals surface area contributed by atoms with E-state index in [-0.39, 0.29) is 5.92 Å². The van der Waals surface area contributed by atoms with Crippen LogP contribution in [0.2, 0.25) is 0 Å². The van der Waals surface area contributed by atoms with Crippen LogP contribution in [-0.2, 0) is 0 Å². The fraction of sp³-hybridized carbons (Fsp3) is 0.750. The van der Waals surface area contributed by atoms with E-state index < -0.39 is 11.7 Å². The molecule has 0 fully saturated rings. The molecule has 2 unspecified atom stereocenters. The Morgan fingerprint density at radius 2 is 2.00 bits per heavy atom. The predicted octanol–water partition coefficient (Wildman–Crippen LogP) is 1.25. The topological polar surface area (TPSA) is 56.1 Å². The Morgan fingerprint density at radius 3 is 2.25 bits per heavy atom. The molecule has 16 heavy (non-hydrogen) atoms. The molecule has 0 radical (unpaired) electrons. The average Bonchev–Trinajstić information content (AvgIpc) is 2.08. The van der Waals surface area contributed by atoms with Crippen LogP contribution in [0, 0.1) is 5.92 Å². The van der Waals surface area contributed by atoms with Gasteiger partial charge in [0, 0.05) is 20.0 Å². The van der Waals surface area contributed by atoms with E-state index >= 15 is 0 Å². The maximum atomic E-state index is 10.1. The van der Waals surface area contributed by atoms with Crippen LogP contribution in [-0.4, -0.2) is 46.7 Å². The molecule has 94 valence electrons. The maximum Gasteiger partial charge on any atom is 0.0992 e. The molecule has 0 aliphatic carbocycles. The second-order valence-electron chi connectivity index (χ2n) is 4.76. The van der Waals surface area contributed by atoms with Crippen LogP contribution in [0.4, 0.5) is 0 Å². The predicted molar refractivity (Wildman–Crippen MR) is 67.4 cm³/mol. The van der Waals surface area contributed by atoms with Gasteiger partial charge in [-0.15, -0.1) is 6.58 Å². The molecule has 2 atom stereocenters. The molecule has 4 nitrogen and oxygen atoms in total. The van der Waals surface area contributed by atoms with Crippen LogP contribution in [0.15, 0.2) is 17.8 Å². The molecule has 0 bridgehead atoms. The Hall–Kier alpha value is -0.870. The van der Waals surface area contributed by atoms with Gasteiger partial charge >= 0.3 is 0 Å². The number of aliphatic hydroxyl groups excluding tert-OH is 1. The average molecular weight is 228 g/mol. The van der Waals surface area contributed by atoms with Crippen LogP contribution in [0.3, 0.4) is 0 Å². The highest BCUT2D eigenvalue weighted by atomic mass is 16.3. The van der Waals surface area contributed by atoms with Crippen molar-refractivity contribution >= 4 is 5.71 Å². The highest BCUT2D eigenvalue weighted by Gasteiger charge is 2.31. The summed E-state index contributed by atoms with van der Waals surface area (Å²) in [6.07, 6.45) is 1.76. The van der Waals surface area contributed by atoms with Crippen molar-refractivity contribution in [1.29, 1.82) is 0 Å². The van der Waals surface area contributed by atoms with Gasteiger partial charge in [0.2, 0.25) is 0 Å². The third-order valence-corrected chi connectivity index (χ3v) is 2.29. The number of rotatable bonds is 6. The van der Waals surface area contributed by atoms with E-state index in [2.05, 4.69) is 11.7 Å². The normalized spacial score (nSPS) is 16.8. The smallest absolute Gasteiger partial charge is 0.0992 e. The van der Waals surface area contributed by atoms with E-state index in [9.17, 15) is 10.2 Å². The van der Waals surface area contributed by atoms with Crippen LogP contribution < -0.4 is 0 Å². The third kappa shape index (κ3) is 4.77. The Labute approximate surface area is 98.3 Å². The summed E-state index contributed by atoms with van der Waals surface area (Å²) in [6, 6.07) is 0. The number of hydrazone groups is 1. The largest absolute Gasteiger partial charge is 0.393 e. The van der Waals surface area contributed by atoms with Crippen molar-refractivity contribution < 1.29 is 10.2 Å². The second-order valence-corrected chi connectivity index (χ2v) is 4.76. The first-order valence-corrected chi connectivity index (χ1v) is 5.47. The first-order chi connectivity index (χ1) is 7.20. The van der Waals surface area contributed by atoms with Gasteiger partial charge in [-0.3, -0.25) is 0 Å². The summed E-state index contributed by atoms with van der Waals surface area (Å²) in [5.74, 6) is -0.208. The Balaban J connectivity index is 5.21. The van der Waals surface area contributed by atoms with Gasteiger partial charge in [0.1, 0.15) is 0 Å². The van der Waals surface area contributed by atoms with E-state index in [0.717, 1.165) is 0 Å². The van der Waals surface area contributed by atoms with Crippen molar-refractivity contribution in [2.24, 2.45) is 11.0 Å². The standard InChI is InChI=1S/C12H24N2O2/c1-7-8-10(9(2)15)11(12(3,4)16)13-14(5)6/h7,9-10,15-16H,1,8H2,2-6H3/b13-11+. The molecule has 0 rings (SSSR count). The zero-order chi connectivity index (χ0) is 12.9. The molecule has 0 amide bonds. The van der Waals surface area contributed by atoms with E-state index in [4.69, 9.17) is 0 Å². The summed E-state index contributed by atoms with van der Waals surface area (Å²) < 4.78 is 0. The zero-order valence-corrected chi connectivity index (χ0v) is 10.9. The Bertz CT molecular complexity index is 252. The van der Waals surface area contributed by atoms with Crippen LogP contribution in [0.5, 0.6) is 0 Å². The number of hydrogen-bond acceptors (Lipinski definition) is 4. The number of nitrogens with zero attached hydrogens (tertiary/aromatic N) is 2. The van der Waals surface area contributed by atoms with Crippen LogP contribution >= 0.6 is 0 Å². The van der Waals surface area contributed by atoms with E-state index in [1.165, 1.54) is 0 Å². The van der Waals surface area contributed by atoms with Gasteiger partial charge in [-0.2, -0.15) is 5.10 Å². The summed E-state index contributed by atoms with van der Waals surface area (Å²) in [7, 11) is 3.58. The molecule has 0 aliphatic rings. The molecular weight excluding hydrogens is 204 g/mol. The minimum atomic E-state index is -1.05. The minimum Gasteiger partial charge on any atom is -0.393 e. The van der Waals surface area contributed by atoms with Gasteiger partial charge in [-0.25, -0.2) is 0 Å². The lowest BCUT2D eigenvalue weighted by Crippen LogP contribution is -2.42. The molecule has 0 saturated heterocycles. The van der Waals surface area contributed by atoms with Gasteiger partial charge in [-0.1, -0.05) is 6.08 Å². The summed E-state index contributed by atoms with van der Waals surface area (Å²) in [4.78, 5) is 0. The third-order valence-electron chi connectivity index (χ3n) is 2.29. The molecule has 2 N–H and O–H groups in total. The molecule has 4 heteroatoms. The minimum absolute atomic E-state index is 0.208. The Kier molecular flexibility index (Phi) is 5.68. The van der Waals surface area contributed by atoms with Crippen molar-refractivity contribution in [3.05, 3.63) is 12.7 Å².